The van der Waals surface area contributed by atoms with Crippen molar-refractivity contribution in [3.63, 3.8) is 0 Å². The Balaban J connectivity index is 1.73. The van der Waals surface area contributed by atoms with Crippen LogP contribution in [0, 0.1) is 13.8 Å². The minimum atomic E-state index is -0.0921. The minimum absolute atomic E-state index is 0.0921. The van der Waals surface area contributed by atoms with Crippen LogP contribution in [0.25, 0.3) is 16.9 Å². The maximum atomic E-state index is 12.5. The molecule has 4 nitrogen and oxygen atoms in total. The molecule has 5 heteroatoms. The third kappa shape index (κ3) is 2.94. The normalized spacial score (nSPS) is 11.0. The van der Waals surface area contributed by atoms with Gasteiger partial charge in [-0.1, -0.05) is 24.3 Å². The third-order valence-electron chi connectivity index (χ3n) is 4.08. The average Bonchev–Trinajstić information content (AvgIpc) is 3.22. The molecule has 0 aliphatic rings. The Morgan fingerprint density at radius 1 is 1.16 bits per heavy atom. The van der Waals surface area contributed by atoms with Gasteiger partial charge in [0.1, 0.15) is 5.65 Å². The number of pyridine rings is 1. The van der Waals surface area contributed by atoms with Crippen LogP contribution < -0.4 is 5.32 Å². The van der Waals surface area contributed by atoms with Gasteiger partial charge in [0.15, 0.2) is 0 Å². The van der Waals surface area contributed by atoms with Gasteiger partial charge in [-0.05, 0) is 48.6 Å². The molecule has 0 saturated carbocycles. The number of benzene rings is 1. The van der Waals surface area contributed by atoms with Crippen LogP contribution in [0.3, 0.4) is 0 Å². The predicted molar refractivity (Wildman–Crippen MR) is 102 cm³/mol. The number of nitrogens with zero attached hydrogens (tertiary/aromatic N) is 2. The number of nitrogens with one attached hydrogen (secondary N) is 1. The first-order chi connectivity index (χ1) is 12.1. The molecular formula is C20H17N3OS. The Labute approximate surface area is 149 Å². The average molecular weight is 347 g/mol. The number of rotatable bonds is 3. The first-order valence-corrected chi connectivity index (χ1v) is 8.90. The molecule has 0 saturated heterocycles. The van der Waals surface area contributed by atoms with Crippen molar-refractivity contribution in [3.05, 3.63) is 76.2 Å². The number of anilines is 1. The lowest BCUT2D eigenvalue weighted by Crippen LogP contribution is -2.11. The molecule has 3 heterocycles. The topological polar surface area (TPSA) is 46.4 Å². The summed E-state index contributed by atoms with van der Waals surface area (Å²) in [6, 6.07) is 13.7. The molecule has 4 rings (SSSR count). The molecule has 4 aromatic rings. The second-order valence-corrected chi connectivity index (χ2v) is 6.95. The Morgan fingerprint density at radius 3 is 2.76 bits per heavy atom. The largest absolute Gasteiger partial charge is 0.321 e. The molecule has 1 aromatic carbocycles. The van der Waals surface area contributed by atoms with Gasteiger partial charge in [0.05, 0.1) is 16.3 Å². The van der Waals surface area contributed by atoms with Gasteiger partial charge in [0.2, 0.25) is 0 Å². The maximum absolute atomic E-state index is 12.5. The maximum Gasteiger partial charge on any atom is 0.265 e. The summed E-state index contributed by atoms with van der Waals surface area (Å²) in [7, 11) is 0. The second kappa shape index (κ2) is 6.18. The van der Waals surface area contributed by atoms with Gasteiger partial charge in [0.25, 0.3) is 5.91 Å². The fourth-order valence-corrected chi connectivity index (χ4v) is 3.63. The number of hydrogen-bond acceptors (Lipinski definition) is 3. The van der Waals surface area contributed by atoms with Crippen molar-refractivity contribution >= 4 is 28.6 Å². The summed E-state index contributed by atoms with van der Waals surface area (Å²) in [6.45, 7) is 4.03. The molecule has 0 spiro atoms. The van der Waals surface area contributed by atoms with Crippen LogP contribution >= 0.6 is 11.3 Å². The molecular weight excluding hydrogens is 330 g/mol. The number of imidazole rings is 1. The fourth-order valence-electron chi connectivity index (χ4n) is 2.83. The van der Waals surface area contributed by atoms with Crippen LogP contribution in [-0.2, 0) is 0 Å². The van der Waals surface area contributed by atoms with E-state index < -0.39 is 0 Å². The van der Waals surface area contributed by atoms with E-state index >= 15 is 0 Å². The molecule has 25 heavy (non-hydrogen) atoms. The quantitative estimate of drug-likeness (QED) is 0.571. The van der Waals surface area contributed by atoms with Crippen molar-refractivity contribution in [1.82, 2.24) is 9.38 Å². The predicted octanol–water partition coefficient (Wildman–Crippen LogP) is 4.93. The molecule has 0 atom stereocenters. The van der Waals surface area contributed by atoms with Gasteiger partial charge >= 0.3 is 0 Å². The summed E-state index contributed by atoms with van der Waals surface area (Å²) in [5, 5.41) is 5.00. The molecule has 0 aliphatic carbocycles. The summed E-state index contributed by atoms with van der Waals surface area (Å²) >= 11 is 1.45. The van der Waals surface area contributed by atoms with E-state index in [1.165, 1.54) is 11.3 Å². The highest BCUT2D eigenvalue weighted by Crippen LogP contribution is 2.29. The first kappa shape index (κ1) is 15.6. The Hall–Kier alpha value is -2.92. The van der Waals surface area contributed by atoms with Gasteiger partial charge in [-0.2, -0.15) is 0 Å². The van der Waals surface area contributed by atoms with Crippen LogP contribution in [-0.4, -0.2) is 15.3 Å². The Bertz CT molecular complexity index is 1080. The molecule has 124 valence electrons. The third-order valence-corrected chi connectivity index (χ3v) is 5.13. The fraction of sp³-hybridized carbons (Fsp3) is 0.100. The van der Waals surface area contributed by atoms with Gasteiger partial charge in [-0.25, -0.2) is 4.98 Å². The first-order valence-electron chi connectivity index (χ1n) is 8.02. The van der Waals surface area contributed by atoms with Crippen molar-refractivity contribution in [3.8, 4) is 11.3 Å². The summed E-state index contributed by atoms with van der Waals surface area (Å²) in [4.78, 5) is 18.0. The number of fused-ring (bicyclic) bond motifs is 1. The number of thiophene rings is 1. The number of hydrogen-bond donors (Lipinski definition) is 1. The highest BCUT2D eigenvalue weighted by Gasteiger charge is 2.14. The van der Waals surface area contributed by atoms with E-state index in [0.717, 1.165) is 33.7 Å². The zero-order valence-electron chi connectivity index (χ0n) is 14.0. The van der Waals surface area contributed by atoms with E-state index in [1.807, 2.05) is 78.5 Å². The van der Waals surface area contributed by atoms with Crippen LogP contribution in [0.1, 0.15) is 20.8 Å². The van der Waals surface area contributed by atoms with E-state index in [-0.39, 0.29) is 5.91 Å². The van der Waals surface area contributed by atoms with E-state index in [0.29, 0.717) is 4.88 Å². The van der Waals surface area contributed by atoms with Crippen LogP contribution in [0.5, 0.6) is 0 Å². The molecule has 0 aliphatic heterocycles. The summed E-state index contributed by atoms with van der Waals surface area (Å²) in [6.07, 6.45) is 3.97. The lowest BCUT2D eigenvalue weighted by atomic mass is 10.1. The second-order valence-electron chi connectivity index (χ2n) is 6.04. The van der Waals surface area contributed by atoms with E-state index in [2.05, 4.69) is 5.32 Å². The number of aromatic nitrogens is 2. The zero-order valence-corrected chi connectivity index (χ0v) is 14.8. The molecule has 1 N–H and O–H groups in total. The van der Waals surface area contributed by atoms with Crippen LogP contribution in [0.2, 0.25) is 0 Å². The molecule has 0 radical (unpaired) electrons. The van der Waals surface area contributed by atoms with Gasteiger partial charge in [-0.15, -0.1) is 11.3 Å². The van der Waals surface area contributed by atoms with Crippen molar-refractivity contribution in [2.24, 2.45) is 0 Å². The van der Waals surface area contributed by atoms with Gasteiger partial charge in [-0.3, -0.25) is 4.79 Å². The molecule has 0 bridgehead atoms. The van der Waals surface area contributed by atoms with Crippen LogP contribution in [0.4, 0.5) is 5.69 Å². The van der Waals surface area contributed by atoms with Gasteiger partial charge < -0.3 is 9.72 Å². The Kier molecular flexibility index (Phi) is 3.86. The van der Waals surface area contributed by atoms with Crippen molar-refractivity contribution < 1.29 is 4.79 Å². The number of carbonyl (C=O) groups excluding carboxylic acids is 1. The molecule has 0 unspecified atom stereocenters. The number of carbonyl (C=O) groups is 1. The SMILES string of the molecule is Cc1csc(C(=O)Nc2ccccc2-c2cn3cccc(C)c3n2)c1. The number of para-hydroxylation sites is 1. The lowest BCUT2D eigenvalue weighted by molar-refractivity contribution is 0.103. The summed E-state index contributed by atoms with van der Waals surface area (Å²) in [5.41, 5.74) is 5.65. The summed E-state index contributed by atoms with van der Waals surface area (Å²) in [5.74, 6) is -0.0921. The highest BCUT2D eigenvalue weighted by atomic mass is 32.1. The lowest BCUT2D eigenvalue weighted by Gasteiger charge is -2.08. The highest BCUT2D eigenvalue weighted by molar-refractivity contribution is 7.12. The minimum Gasteiger partial charge on any atom is -0.321 e. The van der Waals surface area contributed by atoms with E-state index in [9.17, 15) is 4.79 Å². The van der Waals surface area contributed by atoms with E-state index in [1.54, 1.807) is 0 Å². The molecule has 0 fully saturated rings. The van der Waals surface area contributed by atoms with Crippen molar-refractivity contribution in [2.75, 3.05) is 5.32 Å². The summed E-state index contributed by atoms with van der Waals surface area (Å²) < 4.78 is 2.01. The van der Waals surface area contributed by atoms with Gasteiger partial charge in [0, 0.05) is 18.0 Å². The molecule has 3 aromatic heterocycles. The van der Waals surface area contributed by atoms with Crippen molar-refractivity contribution in [1.29, 1.82) is 0 Å². The number of amides is 1. The monoisotopic (exact) mass is 347 g/mol. The Morgan fingerprint density at radius 2 is 2.00 bits per heavy atom. The van der Waals surface area contributed by atoms with Crippen molar-refractivity contribution in [2.45, 2.75) is 13.8 Å². The van der Waals surface area contributed by atoms with Crippen LogP contribution in [0.15, 0.2) is 60.2 Å². The zero-order chi connectivity index (χ0) is 17.4. The van der Waals surface area contributed by atoms with E-state index in [4.69, 9.17) is 4.98 Å². The number of aryl methyl sites for hydroxylation is 2. The standard InChI is InChI=1S/C20H17N3OS/c1-13-10-18(25-12-13)20(24)22-16-8-4-3-7-15(16)17-11-23-9-5-6-14(2)19(23)21-17/h3-12H,1-2H3,(H,22,24). The molecule has 1 amide bonds. The smallest absolute Gasteiger partial charge is 0.265 e.